The highest BCUT2D eigenvalue weighted by Gasteiger charge is 2.16. The van der Waals surface area contributed by atoms with Gasteiger partial charge in [0.15, 0.2) is 0 Å². The summed E-state index contributed by atoms with van der Waals surface area (Å²) in [4.78, 5) is 12.8. The van der Waals surface area contributed by atoms with Crippen molar-refractivity contribution in [2.45, 2.75) is 20.4 Å². The molecule has 1 N–H and O–H groups in total. The van der Waals surface area contributed by atoms with E-state index < -0.39 is 0 Å². The smallest absolute Gasteiger partial charge is 0.244 e. The van der Waals surface area contributed by atoms with E-state index in [-0.39, 0.29) is 5.91 Å². The van der Waals surface area contributed by atoms with Gasteiger partial charge in [0, 0.05) is 35.2 Å². The lowest BCUT2D eigenvalue weighted by atomic mass is 9.96. The summed E-state index contributed by atoms with van der Waals surface area (Å²) in [7, 11) is 1.63. The van der Waals surface area contributed by atoms with Crippen molar-refractivity contribution in [2.24, 2.45) is 0 Å². The van der Waals surface area contributed by atoms with Crippen molar-refractivity contribution in [3.8, 4) is 22.6 Å². The summed E-state index contributed by atoms with van der Waals surface area (Å²) in [5.41, 5.74) is 5.47. The van der Waals surface area contributed by atoms with Crippen LogP contribution in [0, 0.1) is 0 Å². The molecule has 1 heterocycles. The minimum absolute atomic E-state index is 0.177. The van der Waals surface area contributed by atoms with Gasteiger partial charge in [-0.25, -0.2) is 0 Å². The lowest BCUT2D eigenvalue weighted by Gasteiger charge is -2.12. The Morgan fingerprint density at radius 1 is 0.946 bits per heavy atom. The molecule has 0 saturated heterocycles. The molecule has 0 spiro atoms. The Balaban J connectivity index is 1.49. The maximum Gasteiger partial charge on any atom is 0.244 e. The molecule has 0 unspecified atom stereocenters. The van der Waals surface area contributed by atoms with Crippen LogP contribution in [-0.4, -0.2) is 19.6 Å². The molecule has 5 rings (SSSR count). The highest BCUT2D eigenvalue weighted by molar-refractivity contribution is 6.06. The zero-order valence-electron chi connectivity index (χ0n) is 21.2. The monoisotopic (exact) mass is 491 g/mol. The second kappa shape index (κ2) is 10.6. The summed E-state index contributed by atoms with van der Waals surface area (Å²) in [5.74, 6) is 1.27. The van der Waals surface area contributed by atoms with Crippen LogP contribution in [-0.2, 0) is 11.3 Å². The zero-order chi connectivity index (χ0) is 25.8. The number of benzene rings is 4. The quantitative estimate of drug-likeness (QED) is 0.230. The first-order valence-electron chi connectivity index (χ1n) is 12.3. The van der Waals surface area contributed by atoms with E-state index in [1.165, 1.54) is 5.39 Å². The Kier molecular flexibility index (Phi) is 6.95. The van der Waals surface area contributed by atoms with Crippen molar-refractivity contribution in [1.82, 2.24) is 5.32 Å². The van der Waals surface area contributed by atoms with Crippen LogP contribution in [0.1, 0.15) is 25.0 Å². The number of amides is 1. The largest absolute Gasteiger partial charge is 0.497 e. The van der Waals surface area contributed by atoms with Crippen molar-refractivity contribution >= 4 is 33.2 Å². The van der Waals surface area contributed by atoms with Crippen molar-refractivity contribution in [2.75, 3.05) is 13.7 Å². The molecule has 0 aliphatic rings. The Labute approximate surface area is 216 Å². The number of furan rings is 1. The third-order valence-electron chi connectivity index (χ3n) is 6.43. The fourth-order valence-electron chi connectivity index (χ4n) is 4.60. The lowest BCUT2D eigenvalue weighted by molar-refractivity contribution is -0.116. The van der Waals surface area contributed by atoms with Gasteiger partial charge < -0.3 is 19.2 Å². The topological polar surface area (TPSA) is 60.7 Å². The fourth-order valence-corrected chi connectivity index (χ4v) is 4.60. The minimum Gasteiger partial charge on any atom is -0.497 e. The number of carbonyl (C=O) groups excluding carboxylic acids is 1. The molecule has 1 aromatic heterocycles. The number of carbonyl (C=O) groups is 1. The van der Waals surface area contributed by atoms with Gasteiger partial charge in [-0.1, -0.05) is 54.6 Å². The predicted molar refractivity (Wildman–Crippen MR) is 149 cm³/mol. The van der Waals surface area contributed by atoms with Gasteiger partial charge in [-0.15, -0.1) is 0 Å². The lowest BCUT2D eigenvalue weighted by Crippen LogP contribution is -2.20. The van der Waals surface area contributed by atoms with Gasteiger partial charge in [0.2, 0.25) is 5.91 Å². The molecule has 0 radical (unpaired) electrons. The fraction of sp³-hybridized carbons (Fsp3) is 0.156. The van der Waals surface area contributed by atoms with E-state index in [0.29, 0.717) is 18.9 Å². The van der Waals surface area contributed by atoms with E-state index in [1.807, 2.05) is 56.3 Å². The molecule has 0 bridgehead atoms. The number of allylic oxidation sites excluding steroid dienone is 1. The number of rotatable bonds is 8. The second-order valence-corrected chi connectivity index (χ2v) is 8.85. The maximum atomic E-state index is 12.8. The Bertz CT molecular complexity index is 1610. The SMILES string of the molecule is CCOc1cc2occ(-c3cccc4ccccc34)c2cc1/C(C)=C/C(=O)NCc1cccc(OC)c1. The molecular weight excluding hydrogens is 462 g/mol. The molecule has 0 fully saturated rings. The normalized spacial score (nSPS) is 11.6. The van der Waals surface area contributed by atoms with Crippen LogP contribution in [0.15, 0.2) is 95.6 Å². The average Bonchev–Trinajstić information content (AvgIpc) is 3.34. The Morgan fingerprint density at radius 3 is 2.59 bits per heavy atom. The summed E-state index contributed by atoms with van der Waals surface area (Å²) in [6.07, 6.45) is 3.41. The minimum atomic E-state index is -0.177. The molecule has 1 amide bonds. The van der Waals surface area contributed by atoms with Crippen molar-refractivity contribution in [3.63, 3.8) is 0 Å². The van der Waals surface area contributed by atoms with Crippen molar-refractivity contribution in [3.05, 3.63) is 102 Å². The number of fused-ring (bicyclic) bond motifs is 2. The average molecular weight is 492 g/mol. The Hall–Kier alpha value is -4.51. The number of hydrogen-bond donors (Lipinski definition) is 1. The number of methoxy groups -OCH3 is 1. The number of nitrogens with one attached hydrogen (secondary N) is 1. The third-order valence-corrected chi connectivity index (χ3v) is 6.43. The number of ether oxygens (including phenoxy) is 2. The molecule has 37 heavy (non-hydrogen) atoms. The van der Waals surface area contributed by atoms with E-state index in [2.05, 4.69) is 41.7 Å². The standard InChI is InChI=1S/C32H29NO4/c1-4-36-30-18-31-28(29(20-37-31)26-14-8-11-23-10-5-6-13-25(23)26)17-27(30)21(2)15-32(34)33-19-22-9-7-12-24(16-22)35-3/h5-18,20H,4,19H2,1-3H3,(H,33,34)/b21-15+. The van der Waals surface area contributed by atoms with Crippen LogP contribution >= 0.6 is 0 Å². The Morgan fingerprint density at radius 2 is 1.76 bits per heavy atom. The second-order valence-electron chi connectivity index (χ2n) is 8.85. The summed E-state index contributed by atoms with van der Waals surface area (Å²) in [5, 5.41) is 6.26. The molecule has 5 heteroatoms. The predicted octanol–water partition coefficient (Wildman–Crippen LogP) is 7.38. The van der Waals surface area contributed by atoms with Gasteiger partial charge in [-0.05, 0) is 59.5 Å². The van der Waals surface area contributed by atoms with Gasteiger partial charge in [0.1, 0.15) is 17.1 Å². The molecular formula is C32H29NO4. The van der Waals surface area contributed by atoms with Crippen LogP contribution in [0.5, 0.6) is 11.5 Å². The van der Waals surface area contributed by atoms with E-state index in [4.69, 9.17) is 13.9 Å². The third kappa shape index (κ3) is 5.07. The van der Waals surface area contributed by atoms with Gasteiger partial charge in [0.25, 0.3) is 0 Å². The van der Waals surface area contributed by atoms with E-state index >= 15 is 0 Å². The maximum absolute atomic E-state index is 12.8. The summed E-state index contributed by atoms with van der Waals surface area (Å²) in [6, 6.07) is 26.2. The van der Waals surface area contributed by atoms with Gasteiger partial charge in [-0.2, -0.15) is 0 Å². The molecule has 0 saturated carbocycles. The van der Waals surface area contributed by atoms with Crippen molar-refractivity contribution in [1.29, 1.82) is 0 Å². The number of hydrogen-bond acceptors (Lipinski definition) is 4. The van der Waals surface area contributed by atoms with E-state index in [0.717, 1.165) is 49.9 Å². The van der Waals surface area contributed by atoms with Gasteiger partial charge in [0.05, 0.1) is 20.0 Å². The first-order valence-corrected chi connectivity index (χ1v) is 12.3. The molecule has 5 nitrogen and oxygen atoms in total. The van der Waals surface area contributed by atoms with Crippen molar-refractivity contribution < 1.29 is 18.7 Å². The summed E-state index contributed by atoms with van der Waals surface area (Å²) < 4.78 is 17.2. The van der Waals surface area contributed by atoms with Crippen LogP contribution < -0.4 is 14.8 Å². The highest BCUT2D eigenvalue weighted by Crippen LogP contribution is 2.39. The van der Waals surface area contributed by atoms with Crippen LogP contribution in [0.2, 0.25) is 0 Å². The zero-order valence-corrected chi connectivity index (χ0v) is 21.2. The molecule has 0 aliphatic carbocycles. The van der Waals surface area contributed by atoms with Crippen LogP contribution in [0.25, 0.3) is 38.4 Å². The van der Waals surface area contributed by atoms with E-state index in [9.17, 15) is 4.79 Å². The van der Waals surface area contributed by atoms with E-state index in [1.54, 1.807) is 19.4 Å². The molecule has 186 valence electrons. The van der Waals surface area contributed by atoms with Gasteiger partial charge in [-0.3, -0.25) is 4.79 Å². The molecule has 0 aliphatic heterocycles. The summed E-state index contributed by atoms with van der Waals surface area (Å²) >= 11 is 0. The van der Waals surface area contributed by atoms with Crippen LogP contribution in [0.3, 0.4) is 0 Å². The first kappa shape index (κ1) is 24.2. The first-order chi connectivity index (χ1) is 18.1. The molecule has 0 atom stereocenters. The highest BCUT2D eigenvalue weighted by atomic mass is 16.5. The summed E-state index contributed by atoms with van der Waals surface area (Å²) in [6.45, 7) is 4.78. The molecule has 4 aromatic carbocycles. The molecule has 5 aromatic rings. The van der Waals surface area contributed by atoms with Crippen LogP contribution in [0.4, 0.5) is 0 Å². The van der Waals surface area contributed by atoms with Gasteiger partial charge >= 0.3 is 0 Å².